The molecule has 5 rings (SSSR count). The first-order valence-electron chi connectivity index (χ1n) is 10.3. The molecule has 5 aliphatic rings. The molecule has 5 atom stereocenters. The van der Waals surface area contributed by atoms with Crippen molar-refractivity contribution < 1.29 is 19.5 Å². The zero-order valence-corrected chi connectivity index (χ0v) is 17.0. The Bertz CT molecular complexity index is 689. The third kappa shape index (κ3) is 2.78. The molecule has 1 saturated heterocycles. The molecule has 1 aliphatic heterocycles. The number of amides is 2. The van der Waals surface area contributed by atoms with Crippen molar-refractivity contribution in [3.63, 3.8) is 0 Å². The van der Waals surface area contributed by atoms with Crippen molar-refractivity contribution in [1.82, 2.24) is 10.2 Å². The third-order valence-corrected chi connectivity index (χ3v) is 7.91. The van der Waals surface area contributed by atoms with Crippen molar-refractivity contribution in [2.24, 2.45) is 40.4 Å². The minimum atomic E-state index is -0.933. The minimum absolute atomic E-state index is 0.0114. The standard InChI is InChI=1S/C21H32N2O4/c1-20(2,3)16(22-17(24)12-8-10-6-11(12)7-10)18(25)23-9-13-14(21(13,4)5)15(23)19(26)27/h10-16H,6-9H2,1-5H3,(H,22,24)(H,26,27)/t10?,11?,12?,13-,14-,15-,16+/m0/s1. The Morgan fingerprint density at radius 1 is 1.15 bits per heavy atom. The lowest BCUT2D eigenvalue weighted by Crippen LogP contribution is -2.58. The number of carboxylic acid groups (broad SMARTS) is 1. The van der Waals surface area contributed by atoms with Gasteiger partial charge in [0.25, 0.3) is 0 Å². The zero-order chi connectivity index (χ0) is 19.9. The van der Waals surface area contributed by atoms with Gasteiger partial charge in [0.1, 0.15) is 12.1 Å². The van der Waals surface area contributed by atoms with Crippen LogP contribution < -0.4 is 5.32 Å². The van der Waals surface area contributed by atoms with Gasteiger partial charge in [0.05, 0.1) is 0 Å². The summed E-state index contributed by atoms with van der Waals surface area (Å²) in [6.45, 7) is 10.4. The van der Waals surface area contributed by atoms with E-state index in [-0.39, 0.29) is 35.0 Å². The number of likely N-dealkylation sites (tertiary alicyclic amines) is 1. The highest BCUT2D eigenvalue weighted by atomic mass is 16.4. The van der Waals surface area contributed by atoms with Crippen LogP contribution in [0.1, 0.15) is 53.9 Å². The highest BCUT2D eigenvalue weighted by Gasteiger charge is 2.70. The lowest BCUT2D eigenvalue weighted by Gasteiger charge is -2.37. The lowest BCUT2D eigenvalue weighted by atomic mass is 9.81. The topological polar surface area (TPSA) is 86.7 Å². The van der Waals surface area contributed by atoms with Crippen molar-refractivity contribution in [2.45, 2.75) is 66.0 Å². The molecule has 2 bridgehead atoms. The molecule has 0 aromatic rings. The Balaban J connectivity index is 1.51. The van der Waals surface area contributed by atoms with Gasteiger partial charge in [-0.25, -0.2) is 4.79 Å². The van der Waals surface area contributed by atoms with Crippen molar-refractivity contribution in [3.05, 3.63) is 0 Å². The fraction of sp³-hybridized carbons (Fsp3) is 0.857. The summed E-state index contributed by atoms with van der Waals surface area (Å²) in [5.41, 5.74) is -0.495. The molecule has 4 saturated carbocycles. The maximum Gasteiger partial charge on any atom is 0.326 e. The van der Waals surface area contributed by atoms with Gasteiger partial charge in [0.2, 0.25) is 11.8 Å². The van der Waals surface area contributed by atoms with E-state index in [1.165, 1.54) is 4.90 Å². The zero-order valence-electron chi connectivity index (χ0n) is 17.0. The van der Waals surface area contributed by atoms with Gasteiger partial charge in [0.15, 0.2) is 0 Å². The first kappa shape index (κ1) is 18.8. The minimum Gasteiger partial charge on any atom is -0.480 e. The van der Waals surface area contributed by atoms with Crippen LogP contribution in [0.25, 0.3) is 0 Å². The largest absolute Gasteiger partial charge is 0.480 e. The second kappa shape index (κ2) is 5.71. The summed E-state index contributed by atoms with van der Waals surface area (Å²) < 4.78 is 0. The van der Waals surface area contributed by atoms with Crippen LogP contribution in [-0.2, 0) is 14.4 Å². The summed E-state index contributed by atoms with van der Waals surface area (Å²) >= 11 is 0. The number of rotatable bonds is 4. The van der Waals surface area contributed by atoms with Crippen LogP contribution in [-0.4, -0.2) is 46.4 Å². The van der Waals surface area contributed by atoms with Gasteiger partial charge < -0.3 is 15.3 Å². The van der Waals surface area contributed by atoms with Crippen LogP contribution in [0.4, 0.5) is 0 Å². The molecule has 27 heavy (non-hydrogen) atoms. The Hall–Kier alpha value is -1.59. The Morgan fingerprint density at radius 3 is 2.26 bits per heavy atom. The van der Waals surface area contributed by atoms with Crippen molar-refractivity contribution in [1.29, 1.82) is 0 Å². The van der Waals surface area contributed by atoms with E-state index in [2.05, 4.69) is 19.2 Å². The number of hydrogen-bond acceptors (Lipinski definition) is 3. The number of carbonyl (C=O) groups is 3. The van der Waals surface area contributed by atoms with E-state index in [9.17, 15) is 19.5 Å². The molecule has 0 aromatic heterocycles. The summed E-state index contributed by atoms with van der Waals surface area (Å²) in [7, 11) is 0. The highest BCUT2D eigenvalue weighted by molar-refractivity contribution is 5.92. The first-order valence-corrected chi connectivity index (χ1v) is 10.3. The van der Waals surface area contributed by atoms with E-state index >= 15 is 0 Å². The molecule has 0 radical (unpaired) electrons. The van der Waals surface area contributed by atoms with Gasteiger partial charge >= 0.3 is 5.97 Å². The van der Waals surface area contributed by atoms with Crippen LogP contribution in [0.15, 0.2) is 0 Å². The van der Waals surface area contributed by atoms with E-state index in [1.54, 1.807) is 0 Å². The Morgan fingerprint density at radius 2 is 1.78 bits per heavy atom. The molecule has 1 heterocycles. The van der Waals surface area contributed by atoms with Gasteiger partial charge in [-0.3, -0.25) is 9.59 Å². The lowest BCUT2D eigenvalue weighted by molar-refractivity contribution is -0.153. The third-order valence-electron chi connectivity index (χ3n) is 7.91. The van der Waals surface area contributed by atoms with Gasteiger partial charge in [-0.15, -0.1) is 0 Å². The van der Waals surface area contributed by atoms with Crippen LogP contribution in [0, 0.1) is 40.4 Å². The average molecular weight is 376 g/mol. The van der Waals surface area contributed by atoms with E-state index in [4.69, 9.17) is 0 Å². The summed E-state index contributed by atoms with van der Waals surface area (Å²) in [6.07, 6.45) is 3.21. The quantitative estimate of drug-likeness (QED) is 0.787. The number of nitrogens with zero attached hydrogens (tertiary/aromatic N) is 1. The number of carboxylic acids is 1. The number of fused-ring (bicyclic) bond motifs is 2. The van der Waals surface area contributed by atoms with Crippen LogP contribution >= 0.6 is 0 Å². The summed E-state index contributed by atoms with van der Waals surface area (Å²) in [5.74, 6) is 0.224. The van der Waals surface area contributed by atoms with Gasteiger partial charge in [-0.2, -0.15) is 0 Å². The first-order chi connectivity index (χ1) is 12.4. The molecule has 0 spiro atoms. The van der Waals surface area contributed by atoms with Crippen LogP contribution in [0.3, 0.4) is 0 Å². The van der Waals surface area contributed by atoms with Gasteiger partial charge in [0, 0.05) is 18.4 Å². The van der Waals surface area contributed by atoms with Crippen molar-refractivity contribution in [2.75, 3.05) is 6.54 Å². The predicted molar refractivity (Wildman–Crippen MR) is 99.6 cm³/mol. The van der Waals surface area contributed by atoms with Crippen molar-refractivity contribution >= 4 is 17.8 Å². The molecule has 2 N–H and O–H groups in total. The van der Waals surface area contributed by atoms with Crippen LogP contribution in [0.2, 0.25) is 0 Å². The fourth-order valence-electron chi connectivity index (χ4n) is 6.04. The number of piperidine rings is 1. The van der Waals surface area contributed by atoms with Gasteiger partial charge in [-0.1, -0.05) is 34.6 Å². The average Bonchev–Trinajstić information content (AvgIpc) is 3.03. The smallest absolute Gasteiger partial charge is 0.326 e. The molecule has 6 nitrogen and oxygen atoms in total. The second-order valence-electron chi connectivity index (χ2n) is 11.0. The highest BCUT2D eigenvalue weighted by Crippen LogP contribution is 2.65. The summed E-state index contributed by atoms with van der Waals surface area (Å²) in [6, 6.07) is -1.47. The molecule has 6 heteroatoms. The molecule has 150 valence electrons. The fourth-order valence-corrected chi connectivity index (χ4v) is 6.04. The molecule has 4 aliphatic carbocycles. The normalized spacial score (nSPS) is 39.4. The molecule has 2 amide bonds. The number of nitrogens with one attached hydrogen (secondary N) is 1. The maximum absolute atomic E-state index is 13.4. The van der Waals surface area contributed by atoms with E-state index in [1.807, 2.05) is 20.8 Å². The Kier molecular flexibility index (Phi) is 3.97. The van der Waals surface area contributed by atoms with Crippen molar-refractivity contribution in [3.8, 4) is 0 Å². The van der Waals surface area contributed by atoms with Crippen LogP contribution in [0.5, 0.6) is 0 Å². The molecular weight excluding hydrogens is 344 g/mol. The van der Waals surface area contributed by atoms with Gasteiger partial charge in [-0.05, 0) is 47.8 Å². The van der Waals surface area contributed by atoms with E-state index in [0.29, 0.717) is 18.4 Å². The summed E-state index contributed by atoms with van der Waals surface area (Å²) in [5, 5.41) is 12.8. The second-order valence-corrected chi connectivity index (χ2v) is 11.0. The SMILES string of the molecule is CC(C)(C)[C@H](NC(=O)C1CC2CC1C2)C(=O)N1C[C@H]2[C@@H]([C@H]1C(=O)O)C2(C)C. The maximum atomic E-state index is 13.4. The molecule has 1 unspecified atom stereocenters. The summed E-state index contributed by atoms with van der Waals surface area (Å²) in [4.78, 5) is 39.7. The van der Waals surface area contributed by atoms with E-state index < -0.39 is 23.5 Å². The monoisotopic (exact) mass is 376 g/mol. The Labute approximate surface area is 161 Å². The molecular formula is C21H32N2O4. The number of carbonyl (C=O) groups excluding carboxylic acids is 2. The predicted octanol–water partition coefficient (Wildman–Crippen LogP) is 2.13. The molecule has 0 aromatic carbocycles. The number of aliphatic carboxylic acids is 1. The number of hydrogen-bond donors (Lipinski definition) is 2. The molecule has 5 fully saturated rings. The van der Waals surface area contributed by atoms with E-state index in [0.717, 1.165) is 19.3 Å².